The van der Waals surface area contributed by atoms with Gasteiger partial charge in [0.1, 0.15) is 12.0 Å². The fraction of sp³-hybridized carbons (Fsp3) is 0.900. The van der Waals surface area contributed by atoms with Crippen molar-refractivity contribution in [1.29, 1.82) is 0 Å². The van der Waals surface area contributed by atoms with Crippen LogP contribution in [-0.4, -0.2) is 29.3 Å². The maximum atomic E-state index is 13.1. The molecule has 0 aliphatic carbocycles. The molecule has 1 unspecified atom stereocenters. The molecule has 0 spiro atoms. The van der Waals surface area contributed by atoms with Crippen molar-refractivity contribution in [1.82, 2.24) is 0 Å². The van der Waals surface area contributed by atoms with Gasteiger partial charge in [0, 0.05) is 0 Å². The van der Waals surface area contributed by atoms with Gasteiger partial charge in [0.2, 0.25) is 0 Å². The van der Waals surface area contributed by atoms with Crippen molar-refractivity contribution >= 4 is 5.97 Å². The average Bonchev–Trinajstić information content (AvgIpc) is 1.95. The summed E-state index contributed by atoms with van der Waals surface area (Å²) in [5.41, 5.74) is -5.94. The first-order chi connectivity index (χ1) is 7.60. The second-order valence-electron chi connectivity index (χ2n) is 4.97. The summed E-state index contributed by atoms with van der Waals surface area (Å²) in [5, 5.41) is 0. The molecule has 0 bridgehead atoms. The number of hydrogen-bond donors (Lipinski definition) is 0. The molecule has 0 fully saturated rings. The number of hydrogen-bond acceptors (Lipinski definition) is 2. The zero-order chi connectivity index (χ0) is 15.0. The molecule has 108 valence electrons. The predicted molar refractivity (Wildman–Crippen MR) is 51.0 cm³/mol. The maximum absolute atomic E-state index is 13.1. The first-order valence-electron chi connectivity index (χ1n) is 4.95. The van der Waals surface area contributed by atoms with Crippen LogP contribution in [0.15, 0.2) is 0 Å². The van der Waals surface area contributed by atoms with Crippen molar-refractivity contribution in [2.24, 2.45) is 0 Å². The first kappa shape index (κ1) is 17.1. The minimum atomic E-state index is -5.78. The summed E-state index contributed by atoms with van der Waals surface area (Å²) in [6.07, 6.45) is -7.75. The van der Waals surface area contributed by atoms with E-state index < -0.39 is 35.8 Å². The van der Waals surface area contributed by atoms with Crippen LogP contribution in [0.2, 0.25) is 0 Å². The maximum Gasteiger partial charge on any atom is 0.428 e. The van der Waals surface area contributed by atoms with E-state index in [4.69, 9.17) is 0 Å². The fourth-order valence-electron chi connectivity index (χ4n) is 0.932. The van der Waals surface area contributed by atoms with Crippen LogP contribution in [0.5, 0.6) is 0 Å². The number of rotatable bonds is 3. The standard InChI is InChI=1S/C10H14F6O2/c1-7(2,3)18-6(17)5-9(12,13)8(4,11)10(14,15)16/h5H2,1-4H3. The molecule has 0 aliphatic rings. The lowest BCUT2D eigenvalue weighted by molar-refractivity contribution is -0.296. The van der Waals surface area contributed by atoms with Gasteiger partial charge in [0.25, 0.3) is 5.67 Å². The highest BCUT2D eigenvalue weighted by atomic mass is 19.4. The molecule has 0 aromatic heterocycles. The predicted octanol–water partition coefficient (Wildman–Crippen LogP) is 3.64. The van der Waals surface area contributed by atoms with Gasteiger partial charge in [-0.2, -0.15) is 13.2 Å². The van der Waals surface area contributed by atoms with Crippen LogP contribution in [0.1, 0.15) is 34.1 Å². The zero-order valence-electron chi connectivity index (χ0n) is 10.3. The van der Waals surface area contributed by atoms with Crippen LogP contribution in [0.3, 0.4) is 0 Å². The van der Waals surface area contributed by atoms with Gasteiger partial charge in [-0.3, -0.25) is 4.79 Å². The molecule has 0 aliphatic heterocycles. The molecule has 0 aromatic rings. The quantitative estimate of drug-likeness (QED) is 0.582. The number of alkyl halides is 6. The van der Waals surface area contributed by atoms with Crippen LogP contribution < -0.4 is 0 Å². The van der Waals surface area contributed by atoms with Crippen LogP contribution >= 0.6 is 0 Å². The Morgan fingerprint density at radius 3 is 1.61 bits per heavy atom. The van der Waals surface area contributed by atoms with Crippen LogP contribution in [-0.2, 0) is 9.53 Å². The Balaban J connectivity index is 4.92. The average molecular weight is 280 g/mol. The van der Waals surface area contributed by atoms with Gasteiger partial charge in [0.15, 0.2) is 0 Å². The minimum absolute atomic E-state index is 0.308. The number of ether oxygens (including phenoxy) is 1. The third-order valence-electron chi connectivity index (χ3n) is 2.01. The molecule has 2 nitrogen and oxygen atoms in total. The lowest BCUT2D eigenvalue weighted by atomic mass is 9.96. The zero-order valence-corrected chi connectivity index (χ0v) is 10.3. The second-order valence-corrected chi connectivity index (χ2v) is 4.97. The van der Waals surface area contributed by atoms with Gasteiger partial charge in [-0.05, 0) is 27.7 Å². The number of esters is 1. The molecule has 8 heteroatoms. The van der Waals surface area contributed by atoms with Crippen molar-refractivity contribution in [3.63, 3.8) is 0 Å². The van der Waals surface area contributed by atoms with E-state index in [2.05, 4.69) is 4.74 Å². The summed E-state index contributed by atoms with van der Waals surface area (Å²) >= 11 is 0. The molecule has 0 heterocycles. The Morgan fingerprint density at radius 1 is 0.944 bits per heavy atom. The SMILES string of the molecule is CC(C)(C)OC(=O)CC(F)(F)C(C)(F)C(F)(F)F. The number of carbonyl (C=O) groups is 1. The van der Waals surface area contributed by atoms with E-state index in [0.717, 1.165) is 0 Å². The topological polar surface area (TPSA) is 26.3 Å². The Labute approximate surface area is 100 Å². The third kappa shape index (κ3) is 4.06. The smallest absolute Gasteiger partial charge is 0.428 e. The first-order valence-corrected chi connectivity index (χ1v) is 4.95. The van der Waals surface area contributed by atoms with Crippen molar-refractivity contribution in [2.75, 3.05) is 0 Å². The summed E-state index contributed by atoms with van der Waals surface area (Å²) in [6.45, 7) is 3.74. The Morgan fingerprint density at radius 2 is 1.33 bits per heavy atom. The summed E-state index contributed by atoms with van der Waals surface area (Å²) in [6, 6.07) is 0. The Kier molecular flexibility index (Phi) is 4.38. The number of carbonyl (C=O) groups excluding carboxylic acids is 1. The van der Waals surface area contributed by atoms with E-state index in [1.807, 2.05) is 0 Å². The summed E-state index contributed by atoms with van der Waals surface area (Å²) in [5.74, 6) is -6.49. The van der Waals surface area contributed by atoms with Crippen molar-refractivity contribution in [3.05, 3.63) is 0 Å². The van der Waals surface area contributed by atoms with E-state index in [0.29, 0.717) is 0 Å². The van der Waals surface area contributed by atoms with Crippen molar-refractivity contribution in [2.45, 2.75) is 57.5 Å². The van der Waals surface area contributed by atoms with Gasteiger partial charge in [-0.1, -0.05) is 0 Å². The van der Waals surface area contributed by atoms with Gasteiger partial charge < -0.3 is 4.74 Å². The van der Waals surface area contributed by atoms with E-state index in [-0.39, 0.29) is 6.92 Å². The highest BCUT2D eigenvalue weighted by Gasteiger charge is 2.68. The molecule has 0 amide bonds. The van der Waals surface area contributed by atoms with Crippen molar-refractivity contribution in [3.8, 4) is 0 Å². The second kappa shape index (κ2) is 4.62. The van der Waals surface area contributed by atoms with Crippen LogP contribution in [0.25, 0.3) is 0 Å². The van der Waals surface area contributed by atoms with Gasteiger partial charge in [-0.15, -0.1) is 0 Å². The molecule has 1 atom stereocenters. The van der Waals surface area contributed by atoms with E-state index in [1.54, 1.807) is 0 Å². The highest BCUT2D eigenvalue weighted by Crippen LogP contribution is 2.46. The van der Waals surface area contributed by atoms with E-state index >= 15 is 0 Å². The summed E-state index contributed by atoms with van der Waals surface area (Å²) < 4.78 is 80.1. The lowest BCUT2D eigenvalue weighted by Crippen LogP contribution is -2.54. The van der Waals surface area contributed by atoms with Crippen LogP contribution in [0, 0.1) is 0 Å². The van der Waals surface area contributed by atoms with E-state index in [1.165, 1.54) is 20.8 Å². The molecular weight excluding hydrogens is 266 g/mol. The molecule has 0 aromatic carbocycles. The summed E-state index contributed by atoms with van der Waals surface area (Å²) in [7, 11) is 0. The molecule has 18 heavy (non-hydrogen) atoms. The Bertz CT molecular complexity index is 313. The Hall–Kier alpha value is -0.950. The van der Waals surface area contributed by atoms with Gasteiger partial charge >= 0.3 is 18.1 Å². The molecule has 0 saturated carbocycles. The molecule has 0 saturated heterocycles. The normalized spacial score (nSPS) is 17.2. The molecule has 0 N–H and O–H groups in total. The minimum Gasteiger partial charge on any atom is -0.460 e. The van der Waals surface area contributed by atoms with Gasteiger partial charge in [-0.25, -0.2) is 13.2 Å². The third-order valence-corrected chi connectivity index (χ3v) is 2.01. The highest BCUT2D eigenvalue weighted by molar-refractivity contribution is 5.71. The molecule has 0 rings (SSSR count). The lowest BCUT2D eigenvalue weighted by Gasteiger charge is -2.32. The summed E-state index contributed by atoms with van der Waals surface area (Å²) in [4.78, 5) is 11.0. The van der Waals surface area contributed by atoms with Crippen molar-refractivity contribution < 1.29 is 35.9 Å². The molecular formula is C10H14F6O2. The van der Waals surface area contributed by atoms with Gasteiger partial charge in [0.05, 0.1) is 0 Å². The number of halogens is 6. The fourth-order valence-corrected chi connectivity index (χ4v) is 0.932. The largest absolute Gasteiger partial charge is 0.460 e. The monoisotopic (exact) mass is 280 g/mol. The van der Waals surface area contributed by atoms with Crippen LogP contribution in [0.4, 0.5) is 26.3 Å². The van der Waals surface area contributed by atoms with E-state index in [9.17, 15) is 31.1 Å². The molecule has 0 radical (unpaired) electrons.